The van der Waals surface area contributed by atoms with Gasteiger partial charge in [0.15, 0.2) is 17.5 Å². The van der Waals surface area contributed by atoms with E-state index in [0.717, 1.165) is 55.3 Å². The second kappa shape index (κ2) is 13.4. The number of furan rings is 1. The molecule has 0 unspecified atom stereocenters. The highest BCUT2D eigenvalue weighted by molar-refractivity contribution is 6.14. The highest BCUT2D eigenvalue weighted by atomic mass is 16.3. The molecule has 5 nitrogen and oxygen atoms in total. The molecule has 9 aromatic carbocycles. The van der Waals surface area contributed by atoms with Gasteiger partial charge < -0.3 is 8.98 Å². The number of hydrogen-bond acceptors (Lipinski definition) is 4. The fraction of sp³-hybridized carbons (Fsp3) is 0.0517. The molecule has 3 heterocycles. The average Bonchev–Trinajstić information content (AvgIpc) is 3.96. The monoisotopic (exact) mass is 806 g/mol. The van der Waals surface area contributed by atoms with E-state index in [9.17, 15) is 0 Å². The maximum atomic E-state index is 6.30. The molecule has 0 saturated heterocycles. The molecular formula is C58H38N4O. The van der Waals surface area contributed by atoms with Crippen molar-refractivity contribution in [1.29, 1.82) is 0 Å². The molecule has 1 aliphatic rings. The smallest absolute Gasteiger partial charge is 0.164 e. The number of aromatic nitrogens is 4. The highest BCUT2D eigenvalue weighted by Gasteiger charge is 2.36. The Morgan fingerprint density at radius 1 is 0.413 bits per heavy atom. The minimum Gasteiger partial charge on any atom is -0.456 e. The van der Waals surface area contributed by atoms with Gasteiger partial charge in [-0.05, 0) is 81.1 Å². The predicted molar refractivity (Wildman–Crippen MR) is 258 cm³/mol. The van der Waals surface area contributed by atoms with Gasteiger partial charge in [-0.2, -0.15) is 0 Å². The van der Waals surface area contributed by atoms with Crippen molar-refractivity contribution >= 4 is 54.5 Å². The Balaban J connectivity index is 0.997. The summed E-state index contributed by atoms with van der Waals surface area (Å²) in [5.74, 6) is 1.79. The molecule has 296 valence electrons. The van der Waals surface area contributed by atoms with Crippen LogP contribution in [0.5, 0.6) is 0 Å². The zero-order chi connectivity index (χ0) is 41.8. The van der Waals surface area contributed by atoms with Crippen molar-refractivity contribution in [2.24, 2.45) is 0 Å². The summed E-state index contributed by atoms with van der Waals surface area (Å²) in [7, 11) is 0. The number of nitrogens with zero attached hydrogens (tertiary/aromatic N) is 4. The molecule has 0 bridgehead atoms. The fourth-order valence-electron chi connectivity index (χ4n) is 10.2. The van der Waals surface area contributed by atoms with Crippen molar-refractivity contribution in [3.63, 3.8) is 0 Å². The van der Waals surface area contributed by atoms with Crippen molar-refractivity contribution < 1.29 is 4.42 Å². The predicted octanol–water partition coefficient (Wildman–Crippen LogP) is 15.0. The molecule has 0 atom stereocenters. The van der Waals surface area contributed by atoms with Crippen molar-refractivity contribution in [2.45, 2.75) is 19.3 Å². The lowest BCUT2D eigenvalue weighted by Crippen LogP contribution is -2.14. The zero-order valence-electron chi connectivity index (χ0n) is 34.7. The molecule has 0 saturated carbocycles. The highest BCUT2D eigenvalue weighted by Crippen LogP contribution is 2.52. The van der Waals surface area contributed by atoms with E-state index in [1.165, 1.54) is 54.9 Å². The largest absolute Gasteiger partial charge is 0.456 e. The molecule has 13 rings (SSSR count). The summed E-state index contributed by atoms with van der Waals surface area (Å²) in [6, 6.07) is 69.1. The topological polar surface area (TPSA) is 56.7 Å². The summed E-state index contributed by atoms with van der Waals surface area (Å²) < 4.78 is 8.72. The second-order valence-corrected chi connectivity index (χ2v) is 17.2. The van der Waals surface area contributed by atoms with Gasteiger partial charge in [0.25, 0.3) is 0 Å². The maximum absolute atomic E-state index is 6.30. The standard InChI is InChI=1S/C58H38N4O/c1-58(2)48-30-28-37(33-47(48)53-41-19-7-6-14-35(41)27-31-49(53)58)42-22-13-23-46-43-20-8-10-24-50(43)62(54(42)46)40-18-12-17-38(32-40)56-59-55(36-15-4-3-5-16-36)60-57(61-56)39-26-29-45-44-21-9-11-25-51(44)63-52(45)34-39/h3-34H,1-2H3. The molecule has 0 aliphatic heterocycles. The molecule has 63 heavy (non-hydrogen) atoms. The van der Waals surface area contributed by atoms with E-state index >= 15 is 0 Å². The van der Waals surface area contributed by atoms with Crippen LogP contribution in [0.4, 0.5) is 0 Å². The lowest BCUT2D eigenvalue weighted by atomic mass is 9.82. The Morgan fingerprint density at radius 2 is 1.05 bits per heavy atom. The first-order valence-corrected chi connectivity index (χ1v) is 21.5. The van der Waals surface area contributed by atoms with Gasteiger partial charge in [-0.3, -0.25) is 0 Å². The Bertz CT molecular complexity index is 3840. The van der Waals surface area contributed by atoms with Gasteiger partial charge in [-0.25, -0.2) is 15.0 Å². The van der Waals surface area contributed by atoms with E-state index in [-0.39, 0.29) is 5.41 Å². The van der Waals surface area contributed by atoms with Crippen LogP contribution in [-0.2, 0) is 5.41 Å². The zero-order valence-corrected chi connectivity index (χ0v) is 34.7. The summed E-state index contributed by atoms with van der Waals surface area (Å²) in [4.78, 5) is 15.4. The Hall–Kier alpha value is -8.15. The van der Waals surface area contributed by atoms with Gasteiger partial charge >= 0.3 is 0 Å². The maximum Gasteiger partial charge on any atom is 0.164 e. The van der Waals surface area contributed by atoms with Gasteiger partial charge in [0, 0.05) is 54.9 Å². The summed E-state index contributed by atoms with van der Waals surface area (Å²) >= 11 is 0. The van der Waals surface area contributed by atoms with Gasteiger partial charge in [-0.15, -0.1) is 0 Å². The Labute approximate surface area is 363 Å². The summed E-state index contributed by atoms with van der Waals surface area (Å²) in [6.07, 6.45) is 0. The number of rotatable bonds is 5. The number of hydrogen-bond donors (Lipinski definition) is 0. The molecule has 1 aliphatic carbocycles. The Kier molecular flexibility index (Phi) is 7.58. The third-order valence-corrected chi connectivity index (χ3v) is 13.2. The van der Waals surface area contributed by atoms with Crippen LogP contribution in [-0.4, -0.2) is 19.5 Å². The van der Waals surface area contributed by atoms with Gasteiger partial charge in [0.2, 0.25) is 0 Å². The summed E-state index contributed by atoms with van der Waals surface area (Å²) in [6.45, 7) is 4.71. The van der Waals surface area contributed by atoms with Crippen molar-refractivity contribution in [3.05, 3.63) is 205 Å². The lowest BCUT2D eigenvalue weighted by Gasteiger charge is -2.21. The van der Waals surface area contributed by atoms with Crippen LogP contribution in [0.25, 0.3) is 117 Å². The summed E-state index contributed by atoms with van der Waals surface area (Å²) in [5, 5.41) is 7.12. The number of para-hydroxylation sites is 3. The quantitative estimate of drug-likeness (QED) is 0.174. The fourth-order valence-corrected chi connectivity index (χ4v) is 10.2. The van der Waals surface area contributed by atoms with E-state index in [4.69, 9.17) is 19.4 Å². The number of benzene rings is 9. The minimum atomic E-state index is -0.107. The van der Waals surface area contributed by atoms with E-state index in [0.29, 0.717) is 17.5 Å². The van der Waals surface area contributed by atoms with Gasteiger partial charge in [0.1, 0.15) is 11.2 Å². The first kappa shape index (κ1) is 35.6. The normalized spacial score (nSPS) is 13.0. The Morgan fingerprint density at radius 3 is 1.90 bits per heavy atom. The SMILES string of the molecule is CC1(C)c2ccc(-c3cccc4c5ccccc5n(-c5cccc(-c6nc(-c7ccccc7)nc(-c7ccc8c(c7)oc7ccccc78)n6)c5)c34)cc2-c2c1ccc1ccccc21. The van der Waals surface area contributed by atoms with Crippen LogP contribution in [0.1, 0.15) is 25.0 Å². The molecule has 12 aromatic rings. The summed E-state index contributed by atoms with van der Waals surface area (Å²) in [5.41, 5.74) is 15.3. The van der Waals surface area contributed by atoms with Crippen molar-refractivity contribution in [3.8, 4) is 62.1 Å². The van der Waals surface area contributed by atoms with E-state index in [1.54, 1.807) is 0 Å². The molecule has 0 fully saturated rings. The van der Waals surface area contributed by atoms with Crippen LogP contribution < -0.4 is 0 Å². The molecule has 5 heteroatoms. The second-order valence-electron chi connectivity index (χ2n) is 17.2. The lowest BCUT2D eigenvalue weighted by molar-refractivity contribution is 0.661. The molecule has 0 radical (unpaired) electrons. The van der Waals surface area contributed by atoms with Crippen LogP contribution >= 0.6 is 0 Å². The van der Waals surface area contributed by atoms with Crippen LogP contribution in [0.3, 0.4) is 0 Å². The molecule has 3 aromatic heterocycles. The third-order valence-electron chi connectivity index (χ3n) is 13.2. The molecule has 0 N–H and O–H groups in total. The van der Waals surface area contributed by atoms with Crippen LogP contribution in [0, 0.1) is 0 Å². The van der Waals surface area contributed by atoms with Gasteiger partial charge in [-0.1, -0.05) is 166 Å². The first-order chi connectivity index (χ1) is 31.0. The minimum absolute atomic E-state index is 0.107. The van der Waals surface area contributed by atoms with E-state index in [2.05, 4.69) is 158 Å². The molecular weight excluding hydrogens is 769 g/mol. The van der Waals surface area contributed by atoms with Gasteiger partial charge in [0.05, 0.1) is 11.0 Å². The van der Waals surface area contributed by atoms with E-state index < -0.39 is 0 Å². The van der Waals surface area contributed by atoms with Crippen molar-refractivity contribution in [2.75, 3.05) is 0 Å². The molecule has 0 amide bonds. The van der Waals surface area contributed by atoms with Crippen molar-refractivity contribution in [1.82, 2.24) is 19.5 Å². The first-order valence-electron chi connectivity index (χ1n) is 21.5. The van der Waals surface area contributed by atoms with Crippen LogP contribution in [0.15, 0.2) is 199 Å². The third kappa shape index (κ3) is 5.39. The van der Waals surface area contributed by atoms with E-state index in [1.807, 2.05) is 54.6 Å². The van der Waals surface area contributed by atoms with Crippen LogP contribution in [0.2, 0.25) is 0 Å². The number of fused-ring (bicyclic) bond motifs is 11. The average molecular weight is 807 g/mol. The molecule has 0 spiro atoms.